The molecule has 0 aliphatic heterocycles. The minimum Gasteiger partial charge on any atom is -0.492 e. The third-order valence-electron chi connectivity index (χ3n) is 7.16. The van der Waals surface area contributed by atoms with Gasteiger partial charge in [0.15, 0.2) is 0 Å². The van der Waals surface area contributed by atoms with Gasteiger partial charge in [0, 0.05) is 21.9 Å². The van der Waals surface area contributed by atoms with Crippen molar-refractivity contribution in [2.45, 2.75) is 65.2 Å². The molecule has 0 bridgehead atoms. The minimum absolute atomic E-state index is 0.716. The Morgan fingerprint density at radius 1 is 0.450 bits per heavy atom. The number of rotatable bonds is 16. The van der Waals surface area contributed by atoms with E-state index in [1.54, 1.807) is 0 Å². The number of benzene rings is 4. The van der Waals surface area contributed by atoms with E-state index >= 15 is 0 Å². The quantitative estimate of drug-likeness (QED) is 0.105. The van der Waals surface area contributed by atoms with Crippen LogP contribution in [0.5, 0.6) is 11.5 Å². The van der Waals surface area contributed by atoms with Crippen LogP contribution in [0.4, 0.5) is 0 Å². The van der Waals surface area contributed by atoms with Crippen LogP contribution < -0.4 is 9.47 Å². The molecule has 0 fully saturated rings. The van der Waals surface area contributed by atoms with E-state index in [1.165, 1.54) is 49.7 Å². The predicted molar refractivity (Wildman–Crippen MR) is 174 cm³/mol. The summed E-state index contributed by atoms with van der Waals surface area (Å²) in [5.74, 6) is 1.88. The molecule has 2 nitrogen and oxygen atoms in total. The van der Waals surface area contributed by atoms with Crippen molar-refractivity contribution in [2.24, 2.45) is 0 Å². The molecule has 40 heavy (non-hydrogen) atoms. The summed E-state index contributed by atoms with van der Waals surface area (Å²) in [6, 6.07) is 29.6. The Hall–Kier alpha value is -3.78. The smallest absolute Gasteiger partial charge is 0.134 e. The summed E-state index contributed by atoms with van der Waals surface area (Å²) in [5, 5.41) is 2.21. The van der Waals surface area contributed by atoms with Crippen molar-refractivity contribution in [3.63, 3.8) is 0 Å². The first kappa shape index (κ1) is 29.2. The summed E-state index contributed by atoms with van der Waals surface area (Å²) in [6.45, 7) is 5.92. The first-order chi connectivity index (χ1) is 19.8. The summed E-state index contributed by atoms with van der Waals surface area (Å²) >= 11 is 0. The maximum atomic E-state index is 6.54. The first-order valence-corrected chi connectivity index (χ1v) is 15.1. The molecule has 0 radical (unpaired) electrons. The van der Waals surface area contributed by atoms with Crippen LogP contribution in [0, 0.1) is 0 Å². The molecular formula is C38H44O2. The SMILES string of the molecule is CCCCCCOc1c(C=Cc2ccccc2)ccc2c(OCCCCCC)c(C=Cc3ccccc3)ccc12. The van der Waals surface area contributed by atoms with Crippen LogP contribution in [0.3, 0.4) is 0 Å². The third kappa shape index (κ3) is 8.61. The maximum Gasteiger partial charge on any atom is 0.134 e. The van der Waals surface area contributed by atoms with Crippen LogP contribution in [0.25, 0.3) is 35.1 Å². The van der Waals surface area contributed by atoms with Crippen molar-refractivity contribution in [1.82, 2.24) is 0 Å². The van der Waals surface area contributed by atoms with E-state index in [-0.39, 0.29) is 0 Å². The highest BCUT2D eigenvalue weighted by molar-refractivity contribution is 5.99. The van der Waals surface area contributed by atoms with Crippen LogP contribution in [-0.4, -0.2) is 13.2 Å². The van der Waals surface area contributed by atoms with E-state index in [0.29, 0.717) is 13.2 Å². The molecule has 4 aromatic carbocycles. The average Bonchev–Trinajstić information content (AvgIpc) is 3.00. The molecule has 0 atom stereocenters. The van der Waals surface area contributed by atoms with Gasteiger partial charge in [-0.2, -0.15) is 0 Å². The highest BCUT2D eigenvalue weighted by Gasteiger charge is 2.14. The van der Waals surface area contributed by atoms with Crippen LogP contribution in [0.15, 0.2) is 84.9 Å². The zero-order chi connectivity index (χ0) is 27.8. The molecule has 208 valence electrons. The van der Waals surface area contributed by atoms with E-state index in [4.69, 9.17) is 9.47 Å². The number of hydrogen-bond acceptors (Lipinski definition) is 2. The van der Waals surface area contributed by atoms with Gasteiger partial charge < -0.3 is 9.47 Å². The molecule has 0 aromatic heterocycles. The molecule has 0 saturated carbocycles. The van der Waals surface area contributed by atoms with Crippen LogP contribution in [0.2, 0.25) is 0 Å². The molecule has 0 N–H and O–H groups in total. The molecule has 2 heteroatoms. The summed E-state index contributed by atoms with van der Waals surface area (Å²) in [7, 11) is 0. The molecular weight excluding hydrogens is 488 g/mol. The van der Waals surface area contributed by atoms with E-state index < -0.39 is 0 Å². The Kier molecular flexibility index (Phi) is 11.9. The fraction of sp³-hybridized carbons (Fsp3) is 0.316. The van der Waals surface area contributed by atoms with Gasteiger partial charge in [-0.05, 0) is 36.1 Å². The van der Waals surface area contributed by atoms with Crippen molar-refractivity contribution in [2.75, 3.05) is 13.2 Å². The second kappa shape index (κ2) is 16.4. The Morgan fingerprint density at radius 2 is 0.875 bits per heavy atom. The Labute approximate surface area is 241 Å². The molecule has 0 amide bonds. The van der Waals surface area contributed by atoms with Crippen LogP contribution >= 0.6 is 0 Å². The summed E-state index contributed by atoms with van der Waals surface area (Å²) in [5.41, 5.74) is 4.53. The molecule has 0 spiro atoms. The van der Waals surface area contributed by atoms with Gasteiger partial charge in [-0.15, -0.1) is 0 Å². The number of unbranched alkanes of at least 4 members (excludes halogenated alkanes) is 6. The highest BCUT2D eigenvalue weighted by atomic mass is 16.5. The van der Waals surface area contributed by atoms with Gasteiger partial charge >= 0.3 is 0 Å². The van der Waals surface area contributed by atoms with Crippen molar-refractivity contribution in [3.05, 3.63) is 107 Å². The predicted octanol–water partition coefficient (Wildman–Crippen LogP) is 11.1. The second-order valence-corrected chi connectivity index (χ2v) is 10.4. The van der Waals surface area contributed by atoms with E-state index in [2.05, 4.69) is 111 Å². The summed E-state index contributed by atoms with van der Waals surface area (Å²) < 4.78 is 13.1. The zero-order valence-corrected chi connectivity index (χ0v) is 24.3. The molecule has 4 aromatic rings. The van der Waals surface area contributed by atoms with Crippen LogP contribution in [0.1, 0.15) is 87.5 Å². The lowest BCUT2D eigenvalue weighted by Crippen LogP contribution is -2.02. The van der Waals surface area contributed by atoms with Crippen molar-refractivity contribution in [3.8, 4) is 11.5 Å². The Bertz CT molecular complexity index is 1250. The summed E-state index contributed by atoms with van der Waals surface area (Å²) in [6.07, 6.45) is 18.1. The number of fused-ring (bicyclic) bond motifs is 1. The van der Waals surface area contributed by atoms with Gasteiger partial charge in [-0.3, -0.25) is 0 Å². The normalized spacial score (nSPS) is 11.6. The Morgan fingerprint density at radius 3 is 1.27 bits per heavy atom. The molecule has 0 saturated heterocycles. The van der Waals surface area contributed by atoms with Gasteiger partial charge in [0.1, 0.15) is 11.5 Å². The minimum atomic E-state index is 0.716. The lowest BCUT2D eigenvalue weighted by molar-refractivity contribution is 0.305. The van der Waals surface area contributed by atoms with Crippen molar-refractivity contribution in [1.29, 1.82) is 0 Å². The Balaban J connectivity index is 1.72. The highest BCUT2D eigenvalue weighted by Crippen LogP contribution is 2.39. The van der Waals surface area contributed by atoms with Crippen LogP contribution in [-0.2, 0) is 0 Å². The molecule has 0 heterocycles. The number of ether oxygens (including phenoxy) is 2. The monoisotopic (exact) mass is 532 g/mol. The molecule has 0 aliphatic rings. The second-order valence-electron chi connectivity index (χ2n) is 10.4. The fourth-order valence-electron chi connectivity index (χ4n) is 4.88. The molecule has 0 aliphatic carbocycles. The fourth-order valence-corrected chi connectivity index (χ4v) is 4.88. The number of hydrogen-bond donors (Lipinski definition) is 0. The maximum absolute atomic E-state index is 6.54. The van der Waals surface area contributed by atoms with Crippen molar-refractivity contribution < 1.29 is 9.47 Å². The zero-order valence-electron chi connectivity index (χ0n) is 24.3. The average molecular weight is 533 g/mol. The van der Waals surface area contributed by atoms with Gasteiger partial charge in [-0.25, -0.2) is 0 Å². The van der Waals surface area contributed by atoms with Gasteiger partial charge in [0.2, 0.25) is 0 Å². The largest absolute Gasteiger partial charge is 0.492 e. The van der Waals surface area contributed by atoms with Gasteiger partial charge in [0.25, 0.3) is 0 Å². The van der Waals surface area contributed by atoms with Crippen molar-refractivity contribution >= 4 is 35.1 Å². The summed E-state index contributed by atoms with van der Waals surface area (Å²) in [4.78, 5) is 0. The van der Waals surface area contributed by atoms with E-state index in [9.17, 15) is 0 Å². The molecule has 0 unspecified atom stereocenters. The topological polar surface area (TPSA) is 18.5 Å². The van der Waals surface area contributed by atoms with Gasteiger partial charge in [0.05, 0.1) is 13.2 Å². The first-order valence-electron chi connectivity index (χ1n) is 15.1. The standard InChI is InChI=1S/C38H44O2/c1-3-5-7-15-29-39-37-33(23-21-31-17-11-9-12-18-31)25-28-36-35(37)27-26-34(24-22-32-19-13-10-14-20-32)38(36)40-30-16-8-6-4-2/h9-14,17-28H,3-8,15-16,29-30H2,1-2H3. The lowest BCUT2D eigenvalue weighted by atomic mass is 9.99. The van der Waals surface area contributed by atoms with Gasteiger partial charge in [-0.1, -0.05) is 149 Å². The lowest BCUT2D eigenvalue weighted by Gasteiger charge is -2.17. The molecule has 4 rings (SSSR count). The third-order valence-corrected chi connectivity index (χ3v) is 7.16. The van der Waals surface area contributed by atoms with E-state index in [1.807, 2.05) is 12.1 Å². The van der Waals surface area contributed by atoms with E-state index in [0.717, 1.165) is 46.2 Å².